The molecule has 2 rings (SSSR count). The molecule has 0 saturated heterocycles. The van der Waals surface area contributed by atoms with Crippen molar-refractivity contribution in [3.05, 3.63) is 23.8 Å². The monoisotopic (exact) mass is 194 g/mol. The van der Waals surface area contributed by atoms with Crippen LogP contribution >= 0.6 is 0 Å². The molecule has 0 aliphatic carbocycles. The van der Waals surface area contributed by atoms with E-state index < -0.39 is 6.29 Å². The van der Waals surface area contributed by atoms with Crippen LogP contribution in [0.3, 0.4) is 0 Å². The average Bonchev–Trinajstić information content (AvgIpc) is 2.15. The van der Waals surface area contributed by atoms with Crippen LogP contribution in [0.2, 0.25) is 0 Å². The summed E-state index contributed by atoms with van der Waals surface area (Å²) in [6.07, 6.45) is 0.862. The summed E-state index contributed by atoms with van der Waals surface area (Å²) < 4.78 is 5.24. The third-order valence-electron chi connectivity index (χ3n) is 2.68. The standard InChI is InChI=1S/C11H14O3/c1-2-7-5-11(13)14-10-6-8(12)3-4-9(7)10/h3-4,6-7,11-13H,2,5H2,1H3. The van der Waals surface area contributed by atoms with Gasteiger partial charge in [0.15, 0.2) is 6.29 Å². The van der Waals surface area contributed by atoms with Crippen LogP contribution in [-0.2, 0) is 0 Å². The Kier molecular flexibility index (Phi) is 2.33. The Morgan fingerprint density at radius 1 is 1.50 bits per heavy atom. The molecule has 0 saturated carbocycles. The molecule has 3 heteroatoms. The molecular formula is C11H14O3. The zero-order chi connectivity index (χ0) is 10.1. The maximum absolute atomic E-state index is 9.44. The SMILES string of the molecule is CCC1CC(O)Oc2cc(O)ccc21. The van der Waals surface area contributed by atoms with Crippen LogP contribution in [0.25, 0.3) is 0 Å². The van der Waals surface area contributed by atoms with Gasteiger partial charge >= 0.3 is 0 Å². The van der Waals surface area contributed by atoms with Gasteiger partial charge in [-0.2, -0.15) is 0 Å². The summed E-state index contributed by atoms with van der Waals surface area (Å²) in [7, 11) is 0. The first-order valence-corrected chi connectivity index (χ1v) is 4.88. The van der Waals surface area contributed by atoms with E-state index in [4.69, 9.17) is 4.74 Å². The molecule has 0 aromatic heterocycles. The number of phenols is 1. The molecule has 0 fully saturated rings. The van der Waals surface area contributed by atoms with Gasteiger partial charge in [0.1, 0.15) is 11.5 Å². The number of aromatic hydroxyl groups is 1. The Balaban J connectivity index is 2.40. The Morgan fingerprint density at radius 2 is 2.29 bits per heavy atom. The smallest absolute Gasteiger partial charge is 0.197 e. The molecule has 0 bridgehead atoms. The summed E-state index contributed by atoms with van der Waals surface area (Å²) in [5.74, 6) is 1.11. The van der Waals surface area contributed by atoms with Crippen molar-refractivity contribution < 1.29 is 14.9 Å². The number of ether oxygens (including phenoxy) is 1. The molecule has 1 aromatic rings. The number of benzene rings is 1. The lowest BCUT2D eigenvalue weighted by Crippen LogP contribution is -2.24. The number of aliphatic hydroxyl groups is 1. The minimum Gasteiger partial charge on any atom is -0.508 e. The van der Waals surface area contributed by atoms with Crippen molar-refractivity contribution in [1.82, 2.24) is 0 Å². The molecule has 2 unspecified atom stereocenters. The zero-order valence-corrected chi connectivity index (χ0v) is 8.10. The normalized spacial score (nSPS) is 25.3. The summed E-state index contributed by atoms with van der Waals surface area (Å²) in [6, 6.07) is 5.08. The van der Waals surface area contributed by atoms with E-state index in [1.165, 1.54) is 0 Å². The van der Waals surface area contributed by atoms with Gasteiger partial charge in [0.25, 0.3) is 0 Å². The van der Waals surface area contributed by atoms with Crippen LogP contribution in [0.4, 0.5) is 0 Å². The summed E-state index contributed by atoms with van der Waals surface area (Å²) >= 11 is 0. The molecule has 0 amide bonds. The summed E-state index contributed by atoms with van der Waals surface area (Å²) in [6.45, 7) is 2.08. The number of hydrogen-bond acceptors (Lipinski definition) is 3. The first-order chi connectivity index (χ1) is 6.70. The van der Waals surface area contributed by atoms with Crippen molar-refractivity contribution >= 4 is 0 Å². The second-order valence-corrected chi connectivity index (χ2v) is 3.64. The van der Waals surface area contributed by atoms with Gasteiger partial charge < -0.3 is 14.9 Å². The topological polar surface area (TPSA) is 49.7 Å². The third kappa shape index (κ3) is 1.55. The van der Waals surface area contributed by atoms with Crippen molar-refractivity contribution in [3.63, 3.8) is 0 Å². The van der Waals surface area contributed by atoms with E-state index in [0.29, 0.717) is 18.1 Å². The van der Waals surface area contributed by atoms with E-state index in [0.717, 1.165) is 12.0 Å². The second-order valence-electron chi connectivity index (χ2n) is 3.64. The Bertz CT molecular complexity index is 335. The van der Waals surface area contributed by atoms with E-state index in [2.05, 4.69) is 6.92 Å². The first-order valence-electron chi connectivity index (χ1n) is 4.88. The fourth-order valence-electron chi connectivity index (χ4n) is 1.91. The fourth-order valence-corrected chi connectivity index (χ4v) is 1.91. The van der Waals surface area contributed by atoms with Gasteiger partial charge in [-0.05, 0) is 24.0 Å². The molecule has 14 heavy (non-hydrogen) atoms. The van der Waals surface area contributed by atoms with Crippen LogP contribution in [0, 0.1) is 0 Å². The quantitative estimate of drug-likeness (QED) is 0.718. The molecule has 1 aliphatic heterocycles. The third-order valence-corrected chi connectivity index (χ3v) is 2.68. The lowest BCUT2D eigenvalue weighted by atomic mass is 9.90. The zero-order valence-electron chi connectivity index (χ0n) is 8.10. The highest BCUT2D eigenvalue weighted by molar-refractivity contribution is 5.43. The Morgan fingerprint density at radius 3 is 3.00 bits per heavy atom. The molecule has 2 N–H and O–H groups in total. The second kappa shape index (κ2) is 3.50. The highest BCUT2D eigenvalue weighted by atomic mass is 16.6. The van der Waals surface area contributed by atoms with Gasteiger partial charge in [0.05, 0.1) is 0 Å². The van der Waals surface area contributed by atoms with Crippen LogP contribution in [0.15, 0.2) is 18.2 Å². The highest BCUT2D eigenvalue weighted by Gasteiger charge is 2.25. The lowest BCUT2D eigenvalue weighted by Gasteiger charge is -2.28. The molecule has 0 radical (unpaired) electrons. The minimum absolute atomic E-state index is 0.174. The van der Waals surface area contributed by atoms with Crippen molar-refractivity contribution in [2.24, 2.45) is 0 Å². The van der Waals surface area contributed by atoms with Crippen molar-refractivity contribution in [3.8, 4) is 11.5 Å². The van der Waals surface area contributed by atoms with Crippen molar-refractivity contribution in [2.75, 3.05) is 0 Å². The molecule has 1 aliphatic rings. The highest BCUT2D eigenvalue weighted by Crippen LogP contribution is 2.39. The number of aliphatic hydroxyl groups excluding tert-OH is 1. The maximum atomic E-state index is 9.44. The van der Waals surface area contributed by atoms with Crippen LogP contribution in [-0.4, -0.2) is 16.5 Å². The van der Waals surface area contributed by atoms with Crippen LogP contribution < -0.4 is 4.74 Å². The predicted octanol–water partition coefficient (Wildman–Crippen LogP) is 1.99. The van der Waals surface area contributed by atoms with E-state index in [1.54, 1.807) is 12.1 Å². The van der Waals surface area contributed by atoms with Gasteiger partial charge in [0.2, 0.25) is 0 Å². The van der Waals surface area contributed by atoms with Crippen molar-refractivity contribution in [2.45, 2.75) is 32.0 Å². The van der Waals surface area contributed by atoms with Gasteiger partial charge in [0, 0.05) is 12.5 Å². The fraction of sp³-hybridized carbons (Fsp3) is 0.455. The Labute approximate surface area is 83.0 Å². The van der Waals surface area contributed by atoms with Crippen LogP contribution in [0.5, 0.6) is 11.5 Å². The molecule has 0 spiro atoms. The Hall–Kier alpha value is -1.22. The average molecular weight is 194 g/mol. The van der Waals surface area contributed by atoms with Crippen molar-refractivity contribution in [1.29, 1.82) is 0 Å². The first kappa shape index (κ1) is 9.34. The molecule has 1 heterocycles. The lowest BCUT2D eigenvalue weighted by molar-refractivity contribution is -0.0394. The van der Waals surface area contributed by atoms with Gasteiger partial charge in [-0.3, -0.25) is 0 Å². The molecule has 1 aromatic carbocycles. The van der Waals surface area contributed by atoms with E-state index >= 15 is 0 Å². The number of rotatable bonds is 1. The van der Waals surface area contributed by atoms with Gasteiger partial charge in [-0.25, -0.2) is 0 Å². The number of fused-ring (bicyclic) bond motifs is 1. The minimum atomic E-state index is -0.741. The molecule has 76 valence electrons. The van der Waals surface area contributed by atoms with E-state index in [1.807, 2.05) is 6.07 Å². The van der Waals surface area contributed by atoms with Gasteiger partial charge in [-0.1, -0.05) is 13.0 Å². The van der Waals surface area contributed by atoms with Gasteiger partial charge in [-0.15, -0.1) is 0 Å². The molecule has 3 nitrogen and oxygen atoms in total. The maximum Gasteiger partial charge on any atom is 0.197 e. The van der Waals surface area contributed by atoms with Crippen LogP contribution in [0.1, 0.15) is 31.2 Å². The van der Waals surface area contributed by atoms with E-state index in [-0.39, 0.29) is 5.75 Å². The number of hydrogen-bond donors (Lipinski definition) is 2. The predicted molar refractivity (Wildman–Crippen MR) is 52.4 cm³/mol. The number of phenolic OH excluding ortho intramolecular Hbond substituents is 1. The molecule has 2 atom stereocenters. The van der Waals surface area contributed by atoms with E-state index in [9.17, 15) is 10.2 Å². The summed E-state index contributed by atoms with van der Waals surface area (Å²) in [4.78, 5) is 0. The summed E-state index contributed by atoms with van der Waals surface area (Å²) in [5.41, 5.74) is 1.08. The largest absolute Gasteiger partial charge is 0.508 e. The molecular weight excluding hydrogens is 180 g/mol. The summed E-state index contributed by atoms with van der Waals surface area (Å²) in [5, 5.41) is 18.7.